The van der Waals surface area contributed by atoms with Crippen molar-refractivity contribution in [1.82, 2.24) is 5.32 Å². The monoisotopic (exact) mass is 248 g/mol. The van der Waals surface area contributed by atoms with Crippen molar-refractivity contribution in [1.29, 1.82) is 0 Å². The van der Waals surface area contributed by atoms with E-state index in [1.54, 1.807) is 7.11 Å². The molecule has 18 heavy (non-hydrogen) atoms. The molecule has 2 rings (SSSR count). The van der Waals surface area contributed by atoms with Crippen LogP contribution in [0.4, 0.5) is 5.69 Å². The number of nitrogens with zero attached hydrogens (tertiary/aromatic N) is 2. The summed E-state index contributed by atoms with van der Waals surface area (Å²) in [5.41, 5.74) is 12.0. The summed E-state index contributed by atoms with van der Waals surface area (Å²) in [6.07, 6.45) is 0. The normalized spacial score (nSPS) is 18.1. The minimum atomic E-state index is -0.534. The molecule has 1 aromatic carbocycles. The summed E-state index contributed by atoms with van der Waals surface area (Å²) in [4.78, 5) is 4.34. The Bertz CT molecular complexity index is 516. The molecule has 0 spiro atoms. The zero-order valence-electron chi connectivity index (χ0n) is 10.8. The largest absolute Gasteiger partial charge is 0.497 e. The van der Waals surface area contributed by atoms with E-state index < -0.39 is 5.66 Å². The number of ether oxygens (including phenoxy) is 1. The summed E-state index contributed by atoms with van der Waals surface area (Å²) in [6, 6.07) is 7.60. The fourth-order valence-electron chi connectivity index (χ4n) is 2.04. The number of aliphatic imine (C=N–C) groups is 1. The highest BCUT2D eigenvalue weighted by Crippen LogP contribution is 2.25. The first-order valence-corrected chi connectivity index (χ1v) is 5.63. The van der Waals surface area contributed by atoms with E-state index in [4.69, 9.17) is 16.2 Å². The summed E-state index contributed by atoms with van der Waals surface area (Å²) in [6.45, 7) is 3.88. The number of rotatable bonds is 2. The highest BCUT2D eigenvalue weighted by Gasteiger charge is 2.34. The van der Waals surface area contributed by atoms with Gasteiger partial charge in [-0.3, -0.25) is 5.73 Å². The van der Waals surface area contributed by atoms with Crippen LogP contribution < -0.4 is 21.5 Å². The Morgan fingerprint density at radius 1 is 1.22 bits per heavy atom. The van der Waals surface area contributed by atoms with Crippen molar-refractivity contribution < 1.29 is 9.31 Å². The number of hydrogen-bond donors (Lipinski definition) is 3. The maximum Gasteiger partial charge on any atom is 0.357 e. The number of nitrogens with two attached hydrogens (primary N) is 2. The lowest BCUT2D eigenvalue weighted by Crippen LogP contribution is -2.55. The van der Waals surface area contributed by atoms with Crippen molar-refractivity contribution in [3.05, 3.63) is 24.3 Å². The van der Waals surface area contributed by atoms with Crippen LogP contribution in [0.1, 0.15) is 13.8 Å². The fraction of sp³-hybridized carbons (Fsp3) is 0.333. The molecular formula is C12H18N5O+. The van der Waals surface area contributed by atoms with Gasteiger partial charge >= 0.3 is 5.96 Å². The lowest BCUT2D eigenvalue weighted by Gasteiger charge is -2.28. The van der Waals surface area contributed by atoms with Gasteiger partial charge in [0.15, 0.2) is 5.66 Å². The molecule has 0 fully saturated rings. The van der Waals surface area contributed by atoms with Crippen molar-refractivity contribution in [2.24, 2.45) is 16.5 Å². The molecule has 1 heterocycles. The standard InChI is InChI=1S/C12H17N5O/c1-12(2)16-10(13)15-11(14)17(12)8-4-6-9(18-3)7-5-8/h4-7H,1-3H3,(H4,13,14,15,16)/p+1. The van der Waals surface area contributed by atoms with Crippen molar-refractivity contribution in [3.8, 4) is 5.75 Å². The molecule has 0 saturated carbocycles. The van der Waals surface area contributed by atoms with Crippen molar-refractivity contribution in [2.75, 3.05) is 7.11 Å². The van der Waals surface area contributed by atoms with Crippen LogP contribution in [0.5, 0.6) is 5.75 Å². The third-order valence-electron chi connectivity index (χ3n) is 2.77. The van der Waals surface area contributed by atoms with Crippen LogP contribution in [0, 0.1) is 0 Å². The molecule has 0 atom stereocenters. The zero-order valence-corrected chi connectivity index (χ0v) is 10.8. The molecule has 5 N–H and O–H groups in total. The average molecular weight is 248 g/mol. The van der Waals surface area contributed by atoms with Gasteiger partial charge in [0.2, 0.25) is 0 Å². The van der Waals surface area contributed by atoms with Crippen LogP contribution in [0.25, 0.3) is 0 Å². The second-order valence-electron chi connectivity index (χ2n) is 4.54. The molecule has 96 valence electrons. The molecule has 6 nitrogen and oxygen atoms in total. The summed E-state index contributed by atoms with van der Waals surface area (Å²) in [7, 11) is 1.63. The third-order valence-corrected chi connectivity index (χ3v) is 2.77. The molecule has 0 amide bonds. The first-order chi connectivity index (χ1) is 8.44. The molecular weight excluding hydrogens is 230 g/mol. The van der Waals surface area contributed by atoms with E-state index >= 15 is 0 Å². The number of guanidine groups is 2. The van der Waals surface area contributed by atoms with Gasteiger partial charge in [-0.1, -0.05) is 0 Å². The summed E-state index contributed by atoms with van der Waals surface area (Å²) >= 11 is 0. The number of benzene rings is 1. The molecule has 6 heteroatoms. The van der Waals surface area contributed by atoms with Crippen LogP contribution >= 0.6 is 0 Å². The van der Waals surface area contributed by atoms with Crippen molar-refractivity contribution >= 4 is 17.6 Å². The van der Waals surface area contributed by atoms with Gasteiger partial charge in [-0.05, 0) is 38.1 Å². The predicted molar refractivity (Wildman–Crippen MR) is 70.9 cm³/mol. The molecule has 1 aliphatic heterocycles. The number of methoxy groups -OCH3 is 1. The van der Waals surface area contributed by atoms with Gasteiger partial charge in [-0.2, -0.15) is 4.99 Å². The van der Waals surface area contributed by atoms with E-state index in [9.17, 15) is 0 Å². The molecule has 1 aliphatic rings. The highest BCUT2D eigenvalue weighted by atomic mass is 16.5. The first kappa shape index (κ1) is 12.2. The highest BCUT2D eigenvalue weighted by molar-refractivity contribution is 5.96. The molecule has 0 saturated heterocycles. The predicted octanol–water partition coefficient (Wildman–Crippen LogP) is 0.308. The Hall–Kier alpha value is -2.24. The Morgan fingerprint density at radius 2 is 1.83 bits per heavy atom. The first-order valence-electron chi connectivity index (χ1n) is 5.63. The lowest BCUT2D eigenvalue weighted by atomic mass is 10.2. The van der Waals surface area contributed by atoms with Gasteiger partial charge in [-0.15, -0.1) is 0 Å². The summed E-state index contributed by atoms with van der Waals surface area (Å²) in [5, 5.41) is 2.83. The average Bonchev–Trinajstić information content (AvgIpc) is 2.27. The van der Waals surface area contributed by atoms with Crippen LogP contribution in [-0.4, -0.2) is 29.3 Å². The molecule has 0 radical (unpaired) electrons. The molecule has 0 unspecified atom stereocenters. The maximum atomic E-state index is 5.99. The minimum Gasteiger partial charge on any atom is -0.497 e. The van der Waals surface area contributed by atoms with E-state index in [1.807, 2.05) is 42.7 Å². The van der Waals surface area contributed by atoms with E-state index in [2.05, 4.69) is 10.3 Å². The smallest absolute Gasteiger partial charge is 0.357 e. The van der Waals surface area contributed by atoms with Crippen LogP contribution in [0.15, 0.2) is 29.3 Å². The van der Waals surface area contributed by atoms with Crippen LogP contribution in [0.3, 0.4) is 0 Å². The second kappa shape index (κ2) is 4.21. The van der Waals surface area contributed by atoms with E-state index in [1.165, 1.54) is 0 Å². The Morgan fingerprint density at radius 3 is 2.33 bits per heavy atom. The van der Waals surface area contributed by atoms with Gasteiger partial charge in [0.05, 0.1) is 7.11 Å². The van der Waals surface area contributed by atoms with Gasteiger partial charge in [-0.25, -0.2) is 9.89 Å². The molecule has 0 aromatic heterocycles. The second-order valence-corrected chi connectivity index (χ2v) is 4.54. The van der Waals surface area contributed by atoms with Crippen molar-refractivity contribution in [2.45, 2.75) is 19.5 Å². The Labute approximate surface area is 106 Å². The topological polar surface area (TPSA) is 88.7 Å². The van der Waals surface area contributed by atoms with E-state index in [0.717, 1.165) is 11.4 Å². The molecule has 1 aromatic rings. The van der Waals surface area contributed by atoms with Gasteiger partial charge in [0, 0.05) is 0 Å². The van der Waals surface area contributed by atoms with Gasteiger partial charge < -0.3 is 10.5 Å². The molecule has 0 aliphatic carbocycles. The zero-order chi connectivity index (χ0) is 13.3. The fourth-order valence-corrected chi connectivity index (χ4v) is 2.04. The number of hydrogen-bond acceptors (Lipinski definition) is 5. The lowest BCUT2D eigenvalue weighted by molar-refractivity contribution is -0.527. The minimum absolute atomic E-state index is 0.322. The van der Waals surface area contributed by atoms with Gasteiger partial charge in [0.1, 0.15) is 11.4 Å². The Kier molecular flexibility index (Phi) is 2.86. The SMILES string of the molecule is COc1ccc([N+]2=C(N)NC(N)=NC2(C)C)cc1. The summed E-state index contributed by atoms with van der Waals surface area (Å²) in [5.74, 6) is 1.57. The van der Waals surface area contributed by atoms with Crippen molar-refractivity contribution in [3.63, 3.8) is 0 Å². The van der Waals surface area contributed by atoms with Gasteiger partial charge in [0.25, 0.3) is 5.96 Å². The quantitative estimate of drug-likeness (QED) is 0.657. The maximum absolute atomic E-state index is 5.99. The third kappa shape index (κ3) is 2.09. The van der Waals surface area contributed by atoms with Crippen LogP contribution in [-0.2, 0) is 0 Å². The van der Waals surface area contributed by atoms with E-state index in [0.29, 0.717) is 11.9 Å². The molecule has 0 bridgehead atoms. The Balaban J connectivity index is 2.45. The van der Waals surface area contributed by atoms with E-state index in [-0.39, 0.29) is 0 Å². The number of nitrogens with one attached hydrogen (secondary N) is 1. The van der Waals surface area contributed by atoms with Crippen LogP contribution in [0.2, 0.25) is 0 Å². The summed E-state index contributed by atoms with van der Waals surface area (Å²) < 4.78 is 7.01.